The molecule has 0 atom stereocenters. The average molecular weight is 224 g/mol. The van der Waals surface area contributed by atoms with Gasteiger partial charge in [0, 0.05) is 32.0 Å². The molecule has 1 fully saturated rings. The van der Waals surface area contributed by atoms with Crippen molar-refractivity contribution in [1.29, 1.82) is 0 Å². The summed E-state index contributed by atoms with van der Waals surface area (Å²) in [6, 6.07) is 0.659. The maximum absolute atomic E-state index is 11.4. The van der Waals surface area contributed by atoms with E-state index in [1.807, 2.05) is 0 Å². The molecule has 0 unspecified atom stereocenters. The molecule has 2 rings (SSSR count). The Balaban J connectivity index is 1.49. The van der Waals surface area contributed by atoms with Gasteiger partial charge in [0.1, 0.15) is 0 Å². The van der Waals surface area contributed by atoms with Crippen molar-refractivity contribution in [2.24, 2.45) is 0 Å². The third-order valence-electron chi connectivity index (χ3n) is 2.43. The smallest absolute Gasteiger partial charge is 0.228 e. The fourth-order valence-electron chi connectivity index (χ4n) is 1.38. The van der Waals surface area contributed by atoms with Gasteiger partial charge in [-0.3, -0.25) is 4.79 Å². The quantitative estimate of drug-likeness (QED) is 0.674. The maximum atomic E-state index is 11.4. The number of nitrogens with one attached hydrogen (secondary N) is 2. The Hall–Kier alpha value is -1.43. The number of carbonyl (C=O) groups is 1. The van der Waals surface area contributed by atoms with Gasteiger partial charge >= 0.3 is 0 Å². The Morgan fingerprint density at radius 3 is 3.06 bits per heavy atom. The number of hydrogen-bond acceptors (Lipinski definition) is 5. The van der Waals surface area contributed by atoms with Crippen LogP contribution in [0.15, 0.2) is 10.9 Å². The molecule has 1 heterocycles. The predicted molar refractivity (Wildman–Crippen MR) is 56.7 cm³/mol. The van der Waals surface area contributed by atoms with Crippen molar-refractivity contribution in [1.82, 2.24) is 20.8 Å². The third kappa shape index (κ3) is 3.98. The SMILES string of the molecule is O=C(CCNC1CC1)NCCc1ncno1. The van der Waals surface area contributed by atoms with Gasteiger partial charge in [-0.15, -0.1) is 0 Å². The van der Waals surface area contributed by atoms with E-state index in [9.17, 15) is 4.79 Å². The molecule has 0 aromatic carbocycles. The Bertz CT molecular complexity index is 322. The summed E-state index contributed by atoms with van der Waals surface area (Å²) in [5, 5.41) is 9.59. The summed E-state index contributed by atoms with van der Waals surface area (Å²) in [4.78, 5) is 15.2. The molecular weight excluding hydrogens is 208 g/mol. The molecule has 1 saturated carbocycles. The molecule has 1 aromatic rings. The van der Waals surface area contributed by atoms with E-state index < -0.39 is 0 Å². The first-order chi connectivity index (χ1) is 7.84. The first-order valence-corrected chi connectivity index (χ1v) is 5.60. The van der Waals surface area contributed by atoms with Gasteiger partial charge in [0.15, 0.2) is 6.33 Å². The summed E-state index contributed by atoms with van der Waals surface area (Å²) in [5.41, 5.74) is 0. The molecule has 16 heavy (non-hydrogen) atoms. The highest BCUT2D eigenvalue weighted by atomic mass is 16.5. The standard InChI is InChI=1S/C10H16N4O2/c15-9(3-5-11-8-1-2-8)12-6-4-10-13-7-14-16-10/h7-8,11H,1-6H2,(H,12,15). The zero-order valence-electron chi connectivity index (χ0n) is 9.11. The van der Waals surface area contributed by atoms with Crippen molar-refractivity contribution in [2.75, 3.05) is 13.1 Å². The van der Waals surface area contributed by atoms with Crippen LogP contribution in [-0.4, -0.2) is 35.2 Å². The molecule has 88 valence electrons. The summed E-state index contributed by atoms with van der Waals surface area (Å²) in [6.07, 6.45) is 4.97. The van der Waals surface area contributed by atoms with E-state index in [1.54, 1.807) is 0 Å². The topological polar surface area (TPSA) is 80.0 Å². The van der Waals surface area contributed by atoms with Crippen LogP contribution < -0.4 is 10.6 Å². The van der Waals surface area contributed by atoms with E-state index in [0.717, 1.165) is 6.54 Å². The lowest BCUT2D eigenvalue weighted by Gasteiger charge is -2.04. The highest BCUT2D eigenvalue weighted by Gasteiger charge is 2.19. The molecule has 0 saturated heterocycles. The first kappa shape index (κ1) is 11.1. The highest BCUT2D eigenvalue weighted by molar-refractivity contribution is 5.76. The van der Waals surface area contributed by atoms with Crippen LogP contribution in [-0.2, 0) is 11.2 Å². The van der Waals surface area contributed by atoms with Crippen LogP contribution >= 0.6 is 0 Å². The Morgan fingerprint density at radius 1 is 1.50 bits per heavy atom. The average Bonchev–Trinajstić information content (AvgIpc) is 2.94. The lowest BCUT2D eigenvalue weighted by molar-refractivity contribution is -0.120. The van der Waals surface area contributed by atoms with Gasteiger partial charge in [0.05, 0.1) is 0 Å². The summed E-state index contributed by atoms with van der Waals surface area (Å²) in [7, 11) is 0. The van der Waals surface area contributed by atoms with Gasteiger partial charge in [-0.1, -0.05) is 5.16 Å². The maximum Gasteiger partial charge on any atom is 0.228 e. The minimum Gasteiger partial charge on any atom is -0.356 e. The van der Waals surface area contributed by atoms with Crippen LogP contribution in [0.2, 0.25) is 0 Å². The number of nitrogens with zero attached hydrogens (tertiary/aromatic N) is 2. The number of carbonyl (C=O) groups excluding carboxylic acids is 1. The minimum absolute atomic E-state index is 0.0627. The molecule has 0 aliphatic heterocycles. The van der Waals surface area contributed by atoms with E-state index >= 15 is 0 Å². The summed E-state index contributed by atoms with van der Waals surface area (Å²) in [5.74, 6) is 0.615. The molecule has 2 N–H and O–H groups in total. The molecule has 1 aliphatic rings. The second-order valence-electron chi connectivity index (χ2n) is 3.91. The Kier molecular flexibility index (Phi) is 3.87. The molecular formula is C10H16N4O2. The molecule has 0 spiro atoms. The van der Waals surface area contributed by atoms with Crippen LogP contribution in [0.3, 0.4) is 0 Å². The van der Waals surface area contributed by atoms with Crippen molar-refractivity contribution in [3.8, 4) is 0 Å². The molecule has 6 heteroatoms. The van der Waals surface area contributed by atoms with Gasteiger partial charge < -0.3 is 15.2 Å². The van der Waals surface area contributed by atoms with Gasteiger partial charge in [0.2, 0.25) is 11.8 Å². The lowest BCUT2D eigenvalue weighted by atomic mass is 10.3. The normalized spacial score (nSPS) is 15.0. The second-order valence-corrected chi connectivity index (χ2v) is 3.91. The summed E-state index contributed by atoms with van der Waals surface area (Å²) in [6.45, 7) is 1.31. The van der Waals surface area contributed by atoms with Gasteiger partial charge in [-0.2, -0.15) is 4.98 Å². The van der Waals surface area contributed by atoms with E-state index in [-0.39, 0.29) is 5.91 Å². The van der Waals surface area contributed by atoms with Crippen molar-refractivity contribution >= 4 is 5.91 Å². The van der Waals surface area contributed by atoms with E-state index in [4.69, 9.17) is 4.52 Å². The molecule has 0 bridgehead atoms. The number of hydrogen-bond donors (Lipinski definition) is 2. The van der Waals surface area contributed by atoms with Crippen LogP contribution in [0, 0.1) is 0 Å². The van der Waals surface area contributed by atoms with E-state index in [1.165, 1.54) is 19.2 Å². The number of rotatable bonds is 7. The zero-order valence-corrected chi connectivity index (χ0v) is 9.11. The second kappa shape index (κ2) is 5.60. The van der Waals surface area contributed by atoms with Crippen LogP contribution in [0.25, 0.3) is 0 Å². The molecule has 1 aromatic heterocycles. The lowest BCUT2D eigenvalue weighted by Crippen LogP contribution is -2.29. The summed E-state index contributed by atoms with van der Waals surface area (Å²) < 4.78 is 4.81. The Labute approximate surface area is 93.8 Å². The Morgan fingerprint density at radius 2 is 2.38 bits per heavy atom. The summed E-state index contributed by atoms with van der Waals surface area (Å²) >= 11 is 0. The van der Waals surface area contributed by atoms with Crippen LogP contribution in [0.4, 0.5) is 0 Å². The largest absolute Gasteiger partial charge is 0.356 e. The molecule has 6 nitrogen and oxygen atoms in total. The monoisotopic (exact) mass is 224 g/mol. The molecule has 1 amide bonds. The fraction of sp³-hybridized carbons (Fsp3) is 0.700. The number of amides is 1. The van der Waals surface area contributed by atoms with Crippen molar-refractivity contribution in [2.45, 2.75) is 31.7 Å². The van der Waals surface area contributed by atoms with Crippen LogP contribution in [0.1, 0.15) is 25.2 Å². The minimum atomic E-state index is 0.0627. The van der Waals surface area contributed by atoms with E-state index in [2.05, 4.69) is 20.8 Å². The van der Waals surface area contributed by atoms with Crippen molar-refractivity contribution in [3.63, 3.8) is 0 Å². The fourth-order valence-corrected chi connectivity index (χ4v) is 1.38. The van der Waals surface area contributed by atoms with Gasteiger partial charge in [-0.25, -0.2) is 0 Å². The van der Waals surface area contributed by atoms with E-state index in [0.29, 0.717) is 31.3 Å². The highest BCUT2D eigenvalue weighted by Crippen LogP contribution is 2.18. The third-order valence-corrected chi connectivity index (χ3v) is 2.43. The molecule has 0 radical (unpaired) electrons. The van der Waals surface area contributed by atoms with Crippen molar-refractivity contribution in [3.05, 3.63) is 12.2 Å². The van der Waals surface area contributed by atoms with Crippen LogP contribution in [0.5, 0.6) is 0 Å². The predicted octanol–water partition coefficient (Wildman–Crippen LogP) is -0.130. The zero-order chi connectivity index (χ0) is 11.2. The van der Waals surface area contributed by atoms with Gasteiger partial charge in [-0.05, 0) is 12.8 Å². The number of aromatic nitrogens is 2. The first-order valence-electron chi connectivity index (χ1n) is 5.60. The molecule has 1 aliphatic carbocycles. The van der Waals surface area contributed by atoms with Gasteiger partial charge in [0.25, 0.3) is 0 Å². The van der Waals surface area contributed by atoms with Crippen molar-refractivity contribution < 1.29 is 9.32 Å².